The molecular weight excluding hydrogens is 226 g/mol. The summed E-state index contributed by atoms with van der Waals surface area (Å²) < 4.78 is 0. The number of hydrogen-bond donors (Lipinski definition) is 3. The van der Waals surface area contributed by atoms with E-state index < -0.39 is 0 Å². The third kappa shape index (κ3) is 5.00. The van der Waals surface area contributed by atoms with Gasteiger partial charge in [0.2, 0.25) is 0 Å². The number of amidine groups is 1. The zero-order valence-electron chi connectivity index (χ0n) is 8.99. The molecule has 0 saturated heterocycles. The standard InChI is InChI=1S/C11H16ClN3O/c12-10-5-3-9(4-6-10)8-14-7-1-2-11(13)15-16/h3-6,14,16H,1-2,7-8H2,(H2,13,15). The van der Waals surface area contributed by atoms with Gasteiger partial charge in [-0.3, -0.25) is 0 Å². The molecule has 0 saturated carbocycles. The summed E-state index contributed by atoms with van der Waals surface area (Å²) in [5, 5.41) is 15.2. The molecule has 1 rings (SSSR count). The SMILES string of the molecule is NC(CCCNCc1ccc(Cl)cc1)=NO. The van der Waals surface area contributed by atoms with Crippen LogP contribution in [0.2, 0.25) is 5.02 Å². The van der Waals surface area contributed by atoms with Gasteiger partial charge in [-0.05, 0) is 30.7 Å². The topological polar surface area (TPSA) is 70.6 Å². The molecule has 88 valence electrons. The first-order valence-electron chi connectivity index (χ1n) is 5.14. The second kappa shape index (κ2) is 7.09. The monoisotopic (exact) mass is 241 g/mol. The molecule has 4 nitrogen and oxygen atoms in total. The van der Waals surface area contributed by atoms with E-state index in [0.29, 0.717) is 6.42 Å². The number of nitrogens with two attached hydrogens (primary N) is 1. The van der Waals surface area contributed by atoms with E-state index in [1.54, 1.807) is 0 Å². The van der Waals surface area contributed by atoms with Crippen LogP contribution >= 0.6 is 11.6 Å². The lowest BCUT2D eigenvalue weighted by atomic mass is 10.2. The summed E-state index contributed by atoms with van der Waals surface area (Å²) in [5.74, 6) is 0.272. The summed E-state index contributed by atoms with van der Waals surface area (Å²) in [5.41, 5.74) is 6.53. The van der Waals surface area contributed by atoms with Crippen LogP contribution < -0.4 is 11.1 Å². The van der Waals surface area contributed by atoms with Crippen molar-refractivity contribution in [1.82, 2.24) is 5.32 Å². The molecule has 4 N–H and O–H groups in total. The van der Waals surface area contributed by atoms with Gasteiger partial charge in [-0.15, -0.1) is 0 Å². The maximum atomic E-state index is 8.33. The summed E-state index contributed by atoms with van der Waals surface area (Å²) in [4.78, 5) is 0. The maximum Gasteiger partial charge on any atom is 0.139 e. The first kappa shape index (κ1) is 12.8. The van der Waals surface area contributed by atoms with E-state index in [-0.39, 0.29) is 5.84 Å². The number of nitrogens with one attached hydrogen (secondary N) is 1. The number of oxime groups is 1. The Morgan fingerprint density at radius 3 is 2.69 bits per heavy atom. The van der Waals surface area contributed by atoms with Gasteiger partial charge in [-0.2, -0.15) is 0 Å². The molecule has 16 heavy (non-hydrogen) atoms. The molecule has 1 aromatic rings. The number of halogens is 1. The van der Waals surface area contributed by atoms with E-state index >= 15 is 0 Å². The van der Waals surface area contributed by atoms with Crippen LogP contribution in [0, 0.1) is 0 Å². The van der Waals surface area contributed by atoms with Gasteiger partial charge >= 0.3 is 0 Å². The fourth-order valence-electron chi connectivity index (χ4n) is 1.28. The van der Waals surface area contributed by atoms with Crippen LogP contribution in [0.25, 0.3) is 0 Å². The molecule has 0 aromatic heterocycles. The minimum Gasteiger partial charge on any atom is -0.409 e. The average molecular weight is 242 g/mol. The Labute approximate surface area is 100 Å². The van der Waals surface area contributed by atoms with Crippen LogP contribution in [-0.2, 0) is 6.54 Å². The molecule has 0 heterocycles. The molecule has 0 spiro atoms. The summed E-state index contributed by atoms with van der Waals surface area (Å²) in [7, 11) is 0. The molecular formula is C11H16ClN3O. The minimum atomic E-state index is 0.272. The molecule has 5 heteroatoms. The zero-order chi connectivity index (χ0) is 11.8. The van der Waals surface area contributed by atoms with E-state index in [1.807, 2.05) is 24.3 Å². The molecule has 0 radical (unpaired) electrons. The molecule has 0 atom stereocenters. The predicted octanol–water partition coefficient (Wildman–Crippen LogP) is 1.96. The highest BCUT2D eigenvalue weighted by Gasteiger charge is 1.95. The summed E-state index contributed by atoms with van der Waals surface area (Å²) >= 11 is 5.78. The van der Waals surface area contributed by atoms with Crippen LogP contribution in [-0.4, -0.2) is 17.6 Å². The van der Waals surface area contributed by atoms with Crippen molar-refractivity contribution in [3.8, 4) is 0 Å². The molecule has 0 aliphatic rings. The van der Waals surface area contributed by atoms with E-state index in [0.717, 1.165) is 24.5 Å². The third-order valence-corrected chi connectivity index (χ3v) is 2.41. The van der Waals surface area contributed by atoms with Crippen molar-refractivity contribution in [2.24, 2.45) is 10.9 Å². The number of hydrogen-bond acceptors (Lipinski definition) is 3. The lowest BCUT2D eigenvalue weighted by Crippen LogP contribution is -2.18. The van der Waals surface area contributed by atoms with Crippen LogP contribution in [0.15, 0.2) is 29.4 Å². The van der Waals surface area contributed by atoms with Gasteiger partial charge in [0.1, 0.15) is 5.84 Å². The normalized spacial score (nSPS) is 11.7. The van der Waals surface area contributed by atoms with Crippen LogP contribution in [0.4, 0.5) is 0 Å². The highest BCUT2D eigenvalue weighted by molar-refractivity contribution is 6.30. The Balaban J connectivity index is 2.14. The van der Waals surface area contributed by atoms with Crippen molar-refractivity contribution in [3.05, 3.63) is 34.9 Å². The molecule has 1 aromatic carbocycles. The largest absolute Gasteiger partial charge is 0.409 e. The van der Waals surface area contributed by atoms with Crippen molar-refractivity contribution in [3.63, 3.8) is 0 Å². The second-order valence-corrected chi connectivity index (χ2v) is 3.93. The van der Waals surface area contributed by atoms with Gasteiger partial charge in [0.05, 0.1) is 0 Å². The van der Waals surface area contributed by atoms with Gasteiger partial charge in [0.25, 0.3) is 0 Å². The third-order valence-electron chi connectivity index (χ3n) is 2.16. The first-order valence-corrected chi connectivity index (χ1v) is 5.51. The van der Waals surface area contributed by atoms with Crippen molar-refractivity contribution in [2.45, 2.75) is 19.4 Å². The van der Waals surface area contributed by atoms with Crippen LogP contribution in [0.3, 0.4) is 0 Å². The Morgan fingerprint density at radius 1 is 1.38 bits per heavy atom. The minimum absolute atomic E-state index is 0.272. The van der Waals surface area contributed by atoms with Crippen molar-refractivity contribution in [2.75, 3.05) is 6.54 Å². The fourth-order valence-corrected chi connectivity index (χ4v) is 1.41. The molecule has 0 amide bonds. The van der Waals surface area contributed by atoms with Crippen molar-refractivity contribution < 1.29 is 5.21 Å². The molecule has 0 unspecified atom stereocenters. The van der Waals surface area contributed by atoms with Gasteiger partial charge in [0, 0.05) is 18.0 Å². The molecule has 0 aliphatic heterocycles. The van der Waals surface area contributed by atoms with E-state index in [1.165, 1.54) is 5.56 Å². The van der Waals surface area contributed by atoms with Gasteiger partial charge < -0.3 is 16.3 Å². The zero-order valence-corrected chi connectivity index (χ0v) is 9.74. The number of rotatable bonds is 6. The first-order chi connectivity index (χ1) is 7.72. The molecule has 0 bridgehead atoms. The van der Waals surface area contributed by atoms with Gasteiger partial charge in [-0.1, -0.05) is 28.9 Å². The summed E-state index contributed by atoms with van der Waals surface area (Å²) in [6.45, 7) is 1.63. The van der Waals surface area contributed by atoms with Crippen molar-refractivity contribution in [1.29, 1.82) is 0 Å². The van der Waals surface area contributed by atoms with Gasteiger partial charge in [0.15, 0.2) is 0 Å². The Bertz CT molecular complexity index is 338. The molecule has 0 fully saturated rings. The van der Waals surface area contributed by atoms with Crippen LogP contribution in [0.5, 0.6) is 0 Å². The second-order valence-electron chi connectivity index (χ2n) is 3.50. The Kier molecular flexibility index (Phi) is 5.67. The van der Waals surface area contributed by atoms with E-state index in [9.17, 15) is 0 Å². The van der Waals surface area contributed by atoms with Crippen molar-refractivity contribution >= 4 is 17.4 Å². The van der Waals surface area contributed by atoms with Gasteiger partial charge in [-0.25, -0.2) is 0 Å². The predicted molar refractivity (Wildman–Crippen MR) is 65.8 cm³/mol. The highest BCUT2D eigenvalue weighted by Crippen LogP contribution is 2.08. The van der Waals surface area contributed by atoms with Crippen LogP contribution in [0.1, 0.15) is 18.4 Å². The Hall–Kier alpha value is -1.26. The van der Waals surface area contributed by atoms with E-state index in [4.69, 9.17) is 22.5 Å². The molecule has 0 aliphatic carbocycles. The fraction of sp³-hybridized carbons (Fsp3) is 0.364. The maximum absolute atomic E-state index is 8.33. The number of benzene rings is 1. The lowest BCUT2D eigenvalue weighted by molar-refractivity contribution is 0.316. The number of nitrogens with zero attached hydrogens (tertiary/aromatic N) is 1. The van der Waals surface area contributed by atoms with E-state index in [2.05, 4.69) is 10.5 Å². The summed E-state index contributed by atoms with van der Waals surface area (Å²) in [6, 6.07) is 7.71. The lowest BCUT2D eigenvalue weighted by Gasteiger charge is -2.04. The highest BCUT2D eigenvalue weighted by atomic mass is 35.5. The Morgan fingerprint density at radius 2 is 2.06 bits per heavy atom. The smallest absolute Gasteiger partial charge is 0.139 e. The summed E-state index contributed by atoms with van der Waals surface area (Å²) in [6.07, 6.45) is 1.45. The average Bonchev–Trinajstić information content (AvgIpc) is 2.31. The quantitative estimate of drug-likeness (QED) is 0.234.